The summed E-state index contributed by atoms with van der Waals surface area (Å²) < 4.78 is 4.47. The Morgan fingerprint density at radius 3 is 2.76 bits per heavy atom. The van der Waals surface area contributed by atoms with E-state index >= 15 is 0 Å². The van der Waals surface area contributed by atoms with E-state index in [1.165, 1.54) is 13.2 Å². The largest absolute Gasteiger partial charge is 0.466 e. The van der Waals surface area contributed by atoms with Crippen molar-refractivity contribution in [3.63, 3.8) is 0 Å². The molecule has 1 N–H and O–H groups in total. The van der Waals surface area contributed by atoms with Crippen LogP contribution in [-0.4, -0.2) is 48.9 Å². The first kappa shape index (κ1) is 17.2. The van der Waals surface area contributed by atoms with E-state index in [-0.39, 0.29) is 17.9 Å². The van der Waals surface area contributed by atoms with Crippen LogP contribution in [0.15, 0.2) is 12.2 Å². The lowest BCUT2D eigenvalue weighted by molar-refractivity contribution is -0.142. The Hall–Kier alpha value is -1.85. The highest BCUT2D eigenvalue weighted by Crippen LogP contribution is 2.18. The highest BCUT2D eigenvalue weighted by molar-refractivity contribution is 5.87. The zero-order chi connectivity index (χ0) is 15.7. The lowest BCUT2D eigenvalue weighted by Crippen LogP contribution is -2.51. The first-order valence-corrected chi connectivity index (χ1v) is 7.41. The average molecular weight is 296 g/mol. The van der Waals surface area contributed by atoms with Crippen molar-refractivity contribution in [2.24, 2.45) is 0 Å². The predicted molar refractivity (Wildman–Crippen MR) is 78.4 cm³/mol. The molecule has 1 aliphatic heterocycles. The molecule has 0 spiro atoms. The number of methoxy groups -OCH3 is 1. The molecule has 2 amide bonds. The van der Waals surface area contributed by atoms with Gasteiger partial charge < -0.3 is 15.0 Å². The number of carbonyl (C=O) groups is 3. The number of carbonyl (C=O) groups excluding carboxylic acids is 3. The molecule has 21 heavy (non-hydrogen) atoms. The molecule has 1 aliphatic rings. The molecule has 0 bridgehead atoms. The number of rotatable bonds is 6. The Bertz CT molecular complexity index is 406. The van der Waals surface area contributed by atoms with Crippen molar-refractivity contribution >= 4 is 17.8 Å². The summed E-state index contributed by atoms with van der Waals surface area (Å²) in [7, 11) is 1.32. The van der Waals surface area contributed by atoms with Gasteiger partial charge in [0, 0.05) is 25.6 Å². The molecule has 0 radical (unpaired) electrons. The Labute approximate surface area is 125 Å². The Balaban J connectivity index is 2.40. The smallest absolute Gasteiger partial charge is 0.330 e. The average Bonchev–Trinajstić information content (AvgIpc) is 2.53. The molecule has 1 saturated heterocycles. The van der Waals surface area contributed by atoms with Gasteiger partial charge in [-0.15, -0.1) is 0 Å². The second-order valence-electron chi connectivity index (χ2n) is 4.96. The van der Waals surface area contributed by atoms with E-state index in [0.29, 0.717) is 25.9 Å². The van der Waals surface area contributed by atoms with Crippen LogP contribution in [0.2, 0.25) is 0 Å². The van der Waals surface area contributed by atoms with Crippen molar-refractivity contribution < 1.29 is 19.1 Å². The van der Waals surface area contributed by atoms with Gasteiger partial charge in [0.05, 0.1) is 7.11 Å². The molecule has 0 aromatic carbocycles. The normalized spacial score (nSPS) is 18.6. The van der Waals surface area contributed by atoms with Crippen LogP contribution in [0.3, 0.4) is 0 Å². The number of piperidine rings is 1. The van der Waals surface area contributed by atoms with Gasteiger partial charge >= 0.3 is 5.97 Å². The Morgan fingerprint density at radius 2 is 2.10 bits per heavy atom. The quantitative estimate of drug-likeness (QED) is 0.451. The third-order valence-electron chi connectivity index (χ3n) is 3.49. The lowest BCUT2D eigenvalue weighted by Gasteiger charge is -2.34. The summed E-state index contributed by atoms with van der Waals surface area (Å²) in [6.45, 7) is 2.91. The second-order valence-corrected chi connectivity index (χ2v) is 4.96. The van der Waals surface area contributed by atoms with Gasteiger partial charge in [0.15, 0.2) is 0 Å². The number of ether oxygens (including phenoxy) is 1. The minimum absolute atomic E-state index is 0.0282. The maximum absolute atomic E-state index is 12.2. The number of hydrogen-bond donors (Lipinski definition) is 1. The van der Waals surface area contributed by atoms with E-state index in [0.717, 1.165) is 19.3 Å². The summed E-state index contributed by atoms with van der Waals surface area (Å²) in [5, 5.41) is 2.82. The highest BCUT2D eigenvalue weighted by atomic mass is 16.5. The van der Waals surface area contributed by atoms with Gasteiger partial charge in [0.1, 0.15) is 6.04 Å². The van der Waals surface area contributed by atoms with Crippen molar-refractivity contribution in [1.82, 2.24) is 10.2 Å². The minimum Gasteiger partial charge on any atom is -0.466 e. The summed E-state index contributed by atoms with van der Waals surface area (Å²) in [4.78, 5) is 36.6. The summed E-state index contributed by atoms with van der Waals surface area (Å²) in [5.74, 6) is -0.489. The molecular formula is C15H24N2O4. The van der Waals surface area contributed by atoms with Gasteiger partial charge in [-0.05, 0) is 25.7 Å². The van der Waals surface area contributed by atoms with Crippen LogP contribution in [-0.2, 0) is 19.1 Å². The van der Waals surface area contributed by atoms with Crippen molar-refractivity contribution in [2.75, 3.05) is 20.2 Å². The van der Waals surface area contributed by atoms with Gasteiger partial charge in [-0.3, -0.25) is 9.59 Å². The van der Waals surface area contributed by atoms with Gasteiger partial charge in [-0.25, -0.2) is 4.79 Å². The SMILES string of the molecule is CCC(=O)N1CCCCC1C(=O)NCC/C=C/C(=O)OC. The summed E-state index contributed by atoms with van der Waals surface area (Å²) >= 11 is 0. The molecule has 1 fully saturated rings. The third kappa shape index (κ3) is 5.57. The second kappa shape index (κ2) is 9.15. The number of hydrogen-bond acceptors (Lipinski definition) is 4. The van der Waals surface area contributed by atoms with Crippen LogP contribution < -0.4 is 5.32 Å². The molecule has 1 heterocycles. The topological polar surface area (TPSA) is 75.7 Å². The standard InChI is InChI=1S/C15H24N2O4/c1-3-13(18)17-11-7-5-8-12(17)15(20)16-10-6-4-9-14(19)21-2/h4,9,12H,3,5-8,10-11H2,1-2H3,(H,16,20)/b9-4+. The van der Waals surface area contributed by atoms with Crippen LogP contribution in [0.1, 0.15) is 39.0 Å². The molecule has 1 unspecified atom stereocenters. The molecule has 0 aliphatic carbocycles. The molecule has 0 aromatic heterocycles. The lowest BCUT2D eigenvalue weighted by atomic mass is 10.0. The van der Waals surface area contributed by atoms with Gasteiger partial charge in [0.2, 0.25) is 11.8 Å². The van der Waals surface area contributed by atoms with Gasteiger partial charge in [-0.1, -0.05) is 13.0 Å². The number of amides is 2. The molecular weight excluding hydrogens is 272 g/mol. The first-order chi connectivity index (χ1) is 10.1. The molecule has 6 nitrogen and oxygen atoms in total. The van der Waals surface area contributed by atoms with E-state index in [9.17, 15) is 14.4 Å². The van der Waals surface area contributed by atoms with Crippen molar-refractivity contribution in [3.8, 4) is 0 Å². The van der Waals surface area contributed by atoms with Crippen LogP contribution in [0.4, 0.5) is 0 Å². The third-order valence-corrected chi connectivity index (χ3v) is 3.49. The van der Waals surface area contributed by atoms with E-state index < -0.39 is 5.97 Å². The van der Waals surface area contributed by atoms with Crippen molar-refractivity contribution in [1.29, 1.82) is 0 Å². The van der Waals surface area contributed by atoms with E-state index in [4.69, 9.17) is 0 Å². The molecule has 0 saturated carbocycles. The summed E-state index contributed by atoms with van der Waals surface area (Å²) in [5.41, 5.74) is 0. The Morgan fingerprint density at radius 1 is 1.33 bits per heavy atom. The number of nitrogens with one attached hydrogen (secondary N) is 1. The summed E-state index contributed by atoms with van der Waals surface area (Å²) in [6, 6.07) is -0.351. The van der Waals surface area contributed by atoms with E-state index in [1.807, 2.05) is 6.92 Å². The monoisotopic (exact) mass is 296 g/mol. The zero-order valence-corrected chi connectivity index (χ0v) is 12.8. The molecule has 0 aromatic rings. The maximum atomic E-state index is 12.2. The fourth-order valence-corrected chi connectivity index (χ4v) is 2.35. The van der Waals surface area contributed by atoms with E-state index in [1.54, 1.807) is 11.0 Å². The van der Waals surface area contributed by atoms with Crippen molar-refractivity contribution in [3.05, 3.63) is 12.2 Å². The Kier molecular flexibility index (Phi) is 7.50. The first-order valence-electron chi connectivity index (χ1n) is 7.41. The fourth-order valence-electron chi connectivity index (χ4n) is 2.35. The summed E-state index contributed by atoms with van der Waals surface area (Å²) in [6.07, 6.45) is 6.60. The highest BCUT2D eigenvalue weighted by Gasteiger charge is 2.30. The van der Waals surface area contributed by atoms with Crippen molar-refractivity contribution in [2.45, 2.75) is 45.1 Å². The molecule has 118 valence electrons. The molecule has 1 rings (SSSR count). The van der Waals surface area contributed by atoms with Gasteiger partial charge in [0.25, 0.3) is 0 Å². The van der Waals surface area contributed by atoms with Crippen LogP contribution >= 0.6 is 0 Å². The van der Waals surface area contributed by atoms with Crippen LogP contribution in [0.5, 0.6) is 0 Å². The van der Waals surface area contributed by atoms with Crippen LogP contribution in [0, 0.1) is 0 Å². The number of nitrogens with zero attached hydrogens (tertiary/aromatic N) is 1. The number of likely N-dealkylation sites (tertiary alicyclic amines) is 1. The minimum atomic E-state index is -0.409. The number of esters is 1. The van der Waals surface area contributed by atoms with Gasteiger partial charge in [-0.2, -0.15) is 0 Å². The maximum Gasteiger partial charge on any atom is 0.330 e. The van der Waals surface area contributed by atoms with E-state index in [2.05, 4.69) is 10.1 Å². The van der Waals surface area contributed by atoms with Crippen LogP contribution in [0.25, 0.3) is 0 Å². The predicted octanol–water partition coefficient (Wildman–Crippen LogP) is 1.01. The fraction of sp³-hybridized carbons (Fsp3) is 0.667. The molecule has 1 atom stereocenters. The molecule has 6 heteroatoms. The zero-order valence-electron chi connectivity index (χ0n) is 12.8.